The normalized spacial score (nSPS) is 40.1. The van der Waals surface area contributed by atoms with Gasteiger partial charge >= 0.3 is 0 Å². The van der Waals surface area contributed by atoms with Crippen LogP contribution in [-0.2, 0) is 4.79 Å². The Kier molecular flexibility index (Phi) is 4.31. The molecule has 104 valence electrons. The van der Waals surface area contributed by atoms with Gasteiger partial charge in [0.25, 0.3) is 0 Å². The van der Waals surface area contributed by atoms with E-state index in [2.05, 4.69) is 25.7 Å². The molecule has 3 heteroatoms. The summed E-state index contributed by atoms with van der Waals surface area (Å²) in [6.07, 6.45) is 5.48. The molecule has 0 aromatic carbocycles. The Morgan fingerprint density at radius 3 is 2.44 bits per heavy atom. The number of carbonyl (C=O) groups is 1. The van der Waals surface area contributed by atoms with Gasteiger partial charge < -0.3 is 10.0 Å². The summed E-state index contributed by atoms with van der Waals surface area (Å²) in [5, 5.41) is 10.6. The lowest BCUT2D eigenvalue weighted by Crippen LogP contribution is -2.59. The molecule has 5 atom stereocenters. The van der Waals surface area contributed by atoms with Crippen LogP contribution in [0.3, 0.4) is 0 Å². The predicted molar refractivity (Wildman–Crippen MR) is 72.1 cm³/mol. The summed E-state index contributed by atoms with van der Waals surface area (Å²) in [7, 11) is 0. The summed E-state index contributed by atoms with van der Waals surface area (Å²) in [5.41, 5.74) is 0. The van der Waals surface area contributed by atoms with Crippen molar-refractivity contribution in [3.05, 3.63) is 0 Å². The first-order chi connectivity index (χ1) is 8.65. The average Bonchev–Trinajstić information content (AvgIpc) is 2.72. The predicted octanol–water partition coefficient (Wildman–Crippen LogP) is 2.57. The Morgan fingerprint density at radius 2 is 1.89 bits per heavy atom. The van der Waals surface area contributed by atoms with Gasteiger partial charge in [0.05, 0.1) is 6.10 Å². The van der Waals surface area contributed by atoms with E-state index in [0.717, 1.165) is 32.1 Å². The lowest BCUT2D eigenvalue weighted by molar-refractivity contribution is -0.144. The number of aliphatic hydroxyl groups excluding tert-OH is 1. The second-order valence-electron chi connectivity index (χ2n) is 5.90. The second kappa shape index (κ2) is 5.60. The number of fused-ring (bicyclic) bond motifs is 1. The molecule has 0 saturated carbocycles. The number of aliphatic hydroxyl groups is 1. The summed E-state index contributed by atoms with van der Waals surface area (Å²) in [6.45, 7) is 6.45. The van der Waals surface area contributed by atoms with E-state index in [0.29, 0.717) is 18.4 Å². The van der Waals surface area contributed by atoms with Crippen LogP contribution < -0.4 is 0 Å². The van der Waals surface area contributed by atoms with Gasteiger partial charge in [0.1, 0.15) is 0 Å². The first-order valence-electron chi connectivity index (χ1n) is 7.64. The van der Waals surface area contributed by atoms with E-state index in [1.807, 2.05) is 0 Å². The molecule has 0 radical (unpaired) electrons. The summed E-state index contributed by atoms with van der Waals surface area (Å²) < 4.78 is 0. The molecule has 1 N–H and O–H groups in total. The highest BCUT2D eigenvalue weighted by Crippen LogP contribution is 2.42. The van der Waals surface area contributed by atoms with Crippen molar-refractivity contribution in [2.45, 2.75) is 77.5 Å². The molecule has 3 nitrogen and oxygen atoms in total. The van der Waals surface area contributed by atoms with Gasteiger partial charge in [-0.25, -0.2) is 0 Å². The zero-order valence-corrected chi connectivity index (χ0v) is 11.9. The molecule has 0 aliphatic carbocycles. The molecule has 1 amide bonds. The van der Waals surface area contributed by atoms with Crippen LogP contribution in [0, 0.1) is 11.8 Å². The third-order valence-electron chi connectivity index (χ3n) is 5.05. The topological polar surface area (TPSA) is 40.5 Å². The first-order valence-corrected chi connectivity index (χ1v) is 7.64. The highest BCUT2D eigenvalue weighted by Gasteiger charge is 2.50. The summed E-state index contributed by atoms with van der Waals surface area (Å²) in [5.74, 6) is 0.880. The molecule has 2 aliphatic heterocycles. The van der Waals surface area contributed by atoms with Crippen LogP contribution in [0.15, 0.2) is 0 Å². The fraction of sp³-hybridized carbons (Fsp3) is 0.933. The average molecular weight is 253 g/mol. The van der Waals surface area contributed by atoms with Crippen LogP contribution in [0.25, 0.3) is 0 Å². The Morgan fingerprint density at radius 1 is 1.22 bits per heavy atom. The highest BCUT2D eigenvalue weighted by atomic mass is 16.3. The third-order valence-corrected chi connectivity index (χ3v) is 5.05. The SMILES string of the molecule is CCC[C@@H]1[C@@H](CC)[C@@H](O)[C@H](CC)[C@@H]2CCC(=O)N12. The molecule has 18 heavy (non-hydrogen) atoms. The third kappa shape index (κ3) is 2.07. The van der Waals surface area contributed by atoms with Gasteiger partial charge in [0, 0.05) is 30.3 Å². The first kappa shape index (κ1) is 13.9. The van der Waals surface area contributed by atoms with E-state index in [-0.39, 0.29) is 24.0 Å². The quantitative estimate of drug-likeness (QED) is 0.836. The highest BCUT2D eigenvalue weighted by molar-refractivity contribution is 5.79. The van der Waals surface area contributed by atoms with Crippen molar-refractivity contribution in [1.82, 2.24) is 4.90 Å². The molecule has 0 bridgehead atoms. The number of amides is 1. The lowest BCUT2D eigenvalue weighted by atomic mass is 9.73. The van der Waals surface area contributed by atoms with Crippen LogP contribution in [-0.4, -0.2) is 34.1 Å². The van der Waals surface area contributed by atoms with E-state index < -0.39 is 0 Å². The number of nitrogens with zero attached hydrogens (tertiary/aromatic N) is 1. The number of piperidine rings is 1. The van der Waals surface area contributed by atoms with Gasteiger partial charge in [-0.1, -0.05) is 27.2 Å². The van der Waals surface area contributed by atoms with Crippen molar-refractivity contribution >= 4 is 5.91 Å². The van der Waals surface area contributed by atoms with E-state index in [9.17, 15) is 9.90 Å². The van der Waals surface area contributed by atoms with Gasteiger partial charge in [0.2, 0.25) is 5.91 Å². The zero-order chi connectivity index (χ0) is 13.3. The molecule has 2 saturated heterocycles. The van der Waals surface area contributed by atoms with Gasteiger partial charge in [-0.05, 0) is 25.7 Å². The van der Waals surface area contributed by atoms with Gasteiger partial charge in [0.15, 0.2) is 0 Å². The number of hydrogen-bond donors (Lipinski definition) is 1. The number of hydrogen-bond acceptors (Lipinski definition) is 2. The van der Waals surface area contributed by atoms with Crippen LogP contribution in [0.5, 0.6) is 0 Å². The van der Waals surface area contributed by atoms with Crippen LogP contribution in [0.4, 0.5) is 0 Å². The Hall–Kier alpha value is -0.570. The smallest absolute Gasteiger partial charge is 0.223 e. The van der Waals surface area contributed by atoms with E-state index in [4.69, 9.17) is 0 Å². The van der Waals surface area contributed by atoms with Gasteiger partial charge in [-0.15, -0.1) is 0 Å². The summed E-state index contributed by atoms with van der Waals surface area (Å²) in [4.78, 5) is 14.3. The van der Waals surface area contributed by atoms with Crippen molar-refractivity contribution in [3.63, 3.8) is 0 Å². The standard InChI is InChI=1S/C15H27NO2/c1-4-7-12-10(5-2)15(18)11(6-3)13-8-9-14(17)16(12)13/h10-13,15,18H,4-9H2,1-3H3/t10-,11-,12-,13+,15-/m1/s1. The van der Waals surface area contributed by atoms with Crippen LogP contribution in [0.1, 0.15) is 59.3 Å². The molecule has 2 aliphatic rings. The molecular formula is C15H27NO2. The van der Waals surface area contributed by atoms with Crippen LogP contribution in [0.2, 0.25) is 0 Å². The van der Waals surface area contributed by atoms with Crippen LogP contribution >= 0.6 is 0 Å². The maximum Gasteiger partial charge on any atom is 0.223 e. The Balaban J connectivity index is 2.29. The monoisotopic (exact) mass is 253 g/mol. The Labute approximate surface area is 111 Å². The largest absolute Gasteiger partial charge is 0.392 e. The molecule has 0 aromatic rings. The van der Waals surface area contributed by atoms with Crippen molar-refractivity contribution < 1.29 is 9.90 Å². The number of carbonyl (C=O) groups excluding carboxylic acids is 1. The van der Waals surface area contributed by atoms with Gasteiger partial charge in [-0.3, -0.25) is 4.79 Å². The molecule has 0 aromatic heterocycles. The fourth-order valence-electron chi connectivity index (χ4n) is 4.23. The second-order valence-corrected chi connectivity index (χ2v) is 5.90. The zero-order valence-electron chi connectivity index (χ0n) is 11.9. The van der Waals surface area contributed by atoms with Crippen molar-refractivity contribution in [1.29, 1.82) is 0 Å². The minimum atomic E-state index is -0.219. The maximum atomic E-state index is 12.2. The lowest BCUT2D eigenvalue weighted by Gasteiger charge is -2.50. The molecule has 2 heterocycles. The van der Waals surface area contributed by atoms with E-state index in [1.165, 1.54) is 0 Å². The maximum absolute atomic E-state index is 12.2. The fourth-order valence-corrected chi connectivity index (χ4v) is 4.23. The molecule has 0 unspecified atom stereocenters. The Bertz CT molecular complexity index is 305. The van der Waals surface area contributed by atoms with Crippen molar-refractivity contribution in [2.24, 2.45) is 11.8 Å². The minimum Gasteiger partial charge on any atom is -0.392 e. The summed E-state index contributed by atoms with van der Waals surface area (Å²) in [6, 6.07) is 0.578. The molecule has 2 fully saturated rings. The van der Waals surface area contributed by atoms with Gasteiger partial charge in [-0.2, -0.15) is 0 Å². The minimum absolute atomic E-state index is 0.219. The van der Waals surface area contributed by atoms with E-state index in [1.54, 1.807) is 0 Å². The van der Waals surface area contributed by atoms with E-state index >= 15 is 0 Å². The number of rotatable bonds is 4. The molecule has 2 rings (SSSR count). The summed E-state index contributed by atoms with van der Waals surface area (Å²) >= 11 is 0. The molecule has 0 spiro atoms. The van der Waals surface area contributed by atoms with Crippen molar-refractivity contribution in [3.8, 4) is 0 Å². The van der Waals surface area contributed by atoms with Crippen molar-refractivity contribution in [2.75, 3.05) is 0 Å². The molecular weight excluding hydrogens is 226 g/mol.